The highest BCUT2D eigenvalue weighted by Gasteiger charge is 2.29. The standard InChI is InChI=1S/C22H30N2O3/c25-21(23-14-17-5-6-17)10-8-16-7-9-20-19(13-16)15-24(11-12-27-20)22(26)18-3-1-2-4-18/h7,9,13,17-18H,1-6,8,10-12,14-15H2,(H,23,25). The van der Waals surface area contributed by atoms with Crippen LogP contribution in [0.25, 0.3) is 0 Å². The van der Waals surface area contributed by atoms with Crippen LogP contribution in [0.3, 0.4) is 0 Å². The van der Waals surface area contributed by atoms with Crippen LogP contribution in [0.15, 0.2) is 18.2 Å². The van der Waals surface area contributed by atoms with E-state index in [1.807, 2.05) is 17.0 Å². The van der Waals surface area contributed by atoms with Crippen molar-refractivity contribution in [3.8, 4) is 5.75 Å². The number of fused-ring (bicyclic) bond motifs is 1. The molecule has 0 spiro atoms. The molecule has 27 heavy (non-hydrogen) atoms. The highest BCUT2D eigenvalue weighted by Crippen LogP contribution is 2.30. The molecule has 4 rings (SSSR count). The monoisotopic (exact) mass is 370 g/mol. The lowest BCUT2D eigenvalue weighted by Crippen LogP contribution is -2.36. The SMILES string of the molecule is O=C(CCc1ccc2c(c1)CN(C(=O)C1CCCC1)CCO2)NCC1CC1. The summed E-state index contributed by atoms with van der Waals surface area (Å²) in [6, 6.07) is 6.15. The van der Waals surface area contributed by atoms with Gasteiger partial charge in [-0.2, -0.15) is 0 Å². The fraction of sp³-hybridized carbons (Fsp3) is 0.636. The molecule has 5 heteroatoms. The number of rotatable bonds is 6. The zero-order valence-corrected chi connectivity index (χ0v) is 16.0. The van der Waals surface area contributed by atoms with E-state index in [0.29, 0.717) is 32.0 Å². The highest BCUT2D eigenvalue weighted by molar-refractivity contribution is 5.79. The van der Waals surface area contributed by atoms with Crippen molar-refractivity contribution in [1.82, 2.24) is 10.2 Å². The van der Waals surface area contributed by atoms with E-state index in [1.165, 1.54) is 25.7 Å². The molecule has 146 valence electrons. The van der Waals surface area contributed by atoms with Crippen molar-refractivity contribution in [2.45, 2.75) is 57.9 Å². The summed E-state index contributed by atoms with van der Waals surface area (Å²) >= 11 is 0. The van der Waals surface area contributed by atoms with Crippen molar-refractivity contribution in [1.29, 1.82) is 0 Å². The van der Waals surface area contributed by atoms with Crippen molar-refractivity contribution in [3.05, 3.63) is 29.3 Å². The number of ether oxygens (including phenoxy) is 1. The van der Waals surface area contributed by atoms with E-state index in [9.17, 15) is 9.59 Å². The molecule has 0 bridgehead atoms. The van der Waals surface area contributed by atoms with E-state index in [0.717, 1.165) is 42.7 Å². The Hall–Kier alpha value is -2.04. The van der Waals surface area contributed by atoms with Crippen LogP contribution in [-0.4, -0.2) is 36.4 Å². The minimum Gasteiger partial charge on any atom is -0.491 e. The van der Waals surface area contributed by atoms with Gasteiger partial charge in [0.25, 0.3) is 0 Å². The van der Waals surface area contributed by atoms with E-state index in [4.69, 9.17) is 4.74 Å². The van der Waals surface area contributed by atoms with Crippen LogP contribution >= 0.6 is 0 Å². The maximum Gasteiger partial charge on any atom is 0.226 e. The average Bonchev–Trinajstić information content (AvgIpc) is 3.40. The Kier molecular flexibility index (Phi) is 5.65. The first-order chi connectivity index (χ1) is 13.2. The summed E-state index contributed by atoms with van der Waals surface area (Å²) in [6.07, 6.45) is 8.13. The molecule has 2 fully saturated rings. The van der Waals surface area contributed by atoms with Gasteiger partial charge in [-0.3, -0.25) is 9.59 Å². The third-order valence-electron chi connectivity index (χ3n) is 6.05. The second-order valence-corrected chi connectivity index (χ2v) is 8.28. The van der Waals surface area contributed by atoms with Crippen molar-refractivity contribution in [3.63, 3.8) is 0 Å². The molecule has 0 atom stereocenters. The van der Waals surface area contributed by atoms with Crippen LogP contribution in [-0.2, 0) is 22.6 Å². The number of amides is 2. The van der Waals surface area contributed by atoms with Gasteiger partial charge in [-0.1, -0.05) is 25.0 Å². The van der Waals surface area contributed by atoms with Gasteiger partial charge in [0.1, 0.15) is 12.4 Å². The number of benzene rings is 1. The molecule has 0 aromatic heterocycles. The predicted octanol–water partition coefficient (Wildman–Crippen LogP) is 3.06. The number of aryl methyl sites for hydroxylation is 1. The number of nitrogens with zero attached hydrogens (tertiary/aromatic N) is 1. The maximum atomic E-state index is 12.8. The number of hydrogen-bond acceptors (Lipinski definition) is 3. The zero-order chi connectivity index (χ0) is 18.6. The van der Waals surface area contributed by atoms with Crippen molar-refractivity contribution in [2.75, 3.05) is 19.7 Å². The second kappa shape index (κ2) is 8.32. The molecular weight excluding hydrogens is 340 g/mol. The Morgan fingerprint density at radius 3 is 2.74 bits per heavy atom. The van der Waals surface area contributed by atoms with E-state index in [1.54, 1.807) is 0 Å². The Bertz CT molecular complexity index is 693. The lowest BCUT2D eigenvalue weighted by atomic mass is 10.0. The molecule has 5 nitrogen and oxygen atoms in total. The lowest BCUT2D eigenvalue weighted by molar-refractivity contribution is -0.136. The normalized spacial score (nSPS) is 19.9. The number of carbonyl (C=O) groups is 2. The van der Waals surface area contributed by atoms with Crippen LogP contribution in [0.4, 0.5) is 0 Å². The Morgan fingerprint density at radius 1 is 1.15 bits per heavy atom. The molecule has 1 aromatic rings. The van der Waals surface area contributed by atoms with Crippen LogP contribution < -0.4 is 10.1 Å². The maximum absolute atomic E-state index is 12.8. The molecule has 0 unspecified atom stereocenters. The fourth-order valence-corrected chi connectivity index (χ4v) is 4.15. The molecule has 1 N–H and O–H groups in total. The average molecular weight is 370 g/mol. The molecule has 1 aromatic carbocycles. The Balaban J connectivity index is 1.36. The predicted molar refractivity (Wildman–Crippen MR) is 103 cm³/mol. The van der Waals surface area contributed by atoms with Gasteiger partial charge >= 0.3 is 0 Å². The summed E-state index contributed by atoms with van der Waals surface area (Å²) in [4.78, 5) is 26.8. The fourth-order valence-electron chi connectivity index (χ4n) is 4.15. The minimum atomic E-state index is 0.131. The van der Waals surface area contributed by atoms with E-state index >= 15 is 0 Å². The van der Waals surface area contributed by atoms with Gasteiger partial charge in [0, 0.05) is 31.0 Å². The summed E-state index contributed by atoms with van der Waals surface area (Å²) < 4.78 is 5.87. The van der Waals surface area contributed by atoms with Gasteiger partial charge in [0.15, 0.2) is 0 Å². The molecule has 0 saturated heterocycles. The Labute approximate surface area is 161 Å². The van der Waals surface area contributed by atoms with E-state index < -0.39 is 0 Å². The molecule has 2 saturated carbocycles. The van der Waals surface area contributed by atoms with Crippen LogP contribution in [0, 0.1) is 11.8 Å². The summed E-state index contributed by atoms with van der Waals surface area (Å²) in [6.45, 7) is 2.65. The van der Waals surface area contributed by atoms with Crippen LogP contribution in [0.1, 0.15) is 56.1 Å². The first-order valence-corrected chi connectivity index (χ1v) is 10.5. The first kappa shape index (κ1) is 18.3. The van der Waals surface area contributed by atoms with Gasteiger partial charge in [0.05, 0.1) is 6.54 Å². The molecular formula is C22H30N2O3. The third-order valence-corrected chi connectivity index (χ3v) is 6.05. The zero-order valence-electron chi connectivity index (χ0n) is 16.0. The van der Waals surface area contributed by atoms with Gasteiger partial charge < -0.3 is 15.0 Å². The minimum absolute atomic E-state index is 0.131. The smallest absolute Gasteiger partial charge is 0.226 e. The summed E-state index contributed by atoms with van der Waals surface area (Å²) in [7, 11) is 0. The molecule has 3 aliphatic rings. The van der Waals surface area contributed by atoms with E-state index in [2.05, 4.69) is 11.4 Å². The molecule has 1 aliphatic heterocycles. The van der Waals surface area contributed by atoms with Crippen molar-refractivity contribution < 1.29 is 14.3 Å². The van der Waals surface area contributed by atoms with Gasteiger partial charge in [-0.25, -0.2) is 0 Å². The van der Waals surface area contributed by atoms with Gasteiger partial charge in [0.2, 0.25) is 11.8 Å². The van der Waals surface area contributed by atoms with Crippen LogP contribution in [0.2, 0.25) is 0 Å². The molecule has 2 aliphatic carbocycles. The quantitative estimate of drug-likeness (QED) is 0.837. The number of nitrogens with one attached hydrogen (secondary N) is 1. The molecule has 2 amide bonds. The van der Waals surface area contributed by atoms with Crippen molar-refractivity contribution in [2.24, 2.45) is 11.8 Å². The third kappa shape index (κ3) is 4.82. The Morgan fingerprint density at radius 2 is 1.96 bits per heavy atom. The second-order valence-electron chi connectivity index (χ2n) is 8.28. The first-order valence-electron chi connectivity index (χ1n) is 10.5. The van der Waals surface area contributed by atoms with Gasteiger partial charge in [-0.15, -0.1) is 0 Å². The number of carbonyl (C=O) groups excluding carboxylic acids is 2. The molecule has 0 radical (unpaired) electrons. The van der Waals surface area contributed by atoms with Crippen molar-refractivity contribution >= 4 is 11.8 Å². The topological polar surface area (TPSA) is 58.6 Å². The number of hydrogen-bond donors (Lipinski definition) is 1. The van der Waals surface area contributed by atoms with Crippen LogP contribution in [0.5, 0.6) is 5.75 Å². The largest absolute Gasteiger partial charge is 0.491 e. The summed E-state index contributed by atoms with van der Waals surface area (Å²) in [5, 5.41) is 3.02. The molecule has 1 heterocycles. The van der Waals surface area contributed by atoms with E-state index in [-0.39, 0.29) is 17.7 Å². The highest BCUT2D eigenvalue weighted by atomic mass is 16.5. The van der Waals surface area contributed by atoms with Gasteiger partial charge in [-0.05, 0) is 49.7 Å². The summed E-state index contributed by atoms with van der Waals surface area (Å²) in [5.41, 5.74) is 2.20. The summed E-state index contributed by atoms with van der Waals surface area (Å²) in [5.74, 6) is 2.20. The lowest BCUT2D eigenvalue weighted by Gasteiger charge is -2.23.